The van der Waals surface area contributed by atoms with Crippen LogP contribution in [0.1, 0.15) is 32.1 Å². The third-order valence-corrected chi connectivity index (χ3v) is 3.34. The molecule has 1 aliphatic carbocycles. The minimum absolute atomic E-state index is 0. The fourth-order valence-electron chi connectivity index (χ4n) is 1.91. The standard InChI is InChI=1S/C6H8O4.C5H10N2.Pt/c7-4(8)6(5(9)10)2-1-3-6;6-4-5-2-1-3-7-5;/h1-3H2,(H,7,8)(H,9,10);5-6H,1-4H2;/q;-2;+2/t;5-;/m.1./s1. The topological polar surface area (TPSA) is 112 Å². The Morgan fingerprint density at radius 2 is 1.78 bits per heavy atom. The van der Waals surface area contributed by atoms with Crippen molar-refractivity contribution < 1.29 is 40.9 Å². The number of carboxylic acid groups (broad SMARTS) is 2. The first-order valence-corrected chi connectivity index (χ1v) is 5.81. The molecular weight excluding hydrogens is 419 g/mol. The zero-order valence-corrected chi connectivity index (χ0v) is 12.3. The average Bonchev–Trinajstić information content (AvgIpc) is 2.67. The number of nitrogens with one attached hydrogen (secondary N) is 1. The predicted molar refractivity (Wildman–Crippen MR) is 62.0 cm³/mol. The summed E-state index contributed by atoms with van der Waals surface area (Å²) in [4.78, 5) is 20.7. The number of rotatable bonds is 3. The van der Waals surface area contributed by atoms with E-state index >= 15 is 0 Å². The van der Waals surface area contributed by atoms with Gasteiger partial charge in [-0.3, -0.25) is 9.59 Å². The van der Waals surface area contributed by atoms with Gasteiger partial charge in [-0.05, 0) is 19.3 Å². The minimum atomic E-state index is -1.44. The molecule has 7 heteroatoms. The average molecular weight is 437 g/mol. The number of aliphatic carboxylic acids is 2. The fourth-order valence-corrected chi connectivity index (χ4v) is 1.91. The van der Waals surface area contributed by atoms with Gasteiger partial charge in [-0.15, -0.1) is 6.54 Å². The van der Waals surface area contributed by atoms with E-state index in [1.54, 1.807) is 0 Å². The van der Waals surface area contributed by atoms with E-state index in [1.807, 2.05) is 0 Å². The van der Waals surface area contributed by atoms with Gasteiger partial charge < -0.3 is 21.3 Å². The molecule has 2 fully saturated rings. The molecule has 1 heterocycles. The summed E-state index contributed by atoms with van der Waals surface area (Å²) in [6.45, 7) is 1.50. The molecule has 106 valence electrons. The van der Waals surface area contributed by atoms with Gasteiger partial charge in [0.1, 0.15) is 0 Å². The summed E-state index contributed by atoms with van der Waals surface area (Å²) in [5.74, 6) is -2.41. The Bertz CT molecular complexity index is 273. The molecule has 1 aliphatic heterocycles. The van der Waals surface area contributed by atoms with Gasteiger partial charge in [0.05, 0.1) is 0 Å². The zero-order chi connectivity index (χ0) is 12.9. The molecule has 0 amide bonds. The first-order valence-electron chi connectivity index (χ1n) is 5.81. The molecule has 0 radical (unpaired) electrons. The van der Waals surface area contributed by atoms with E-state index in [0.717, 1.165) is 13.0 Å². The summed E-state index contributed by atoms with van der Waals surface area (Å²) in [5, 5.41) is 21.1. The second kappa shape index (κ2) is 7.87. The van der Waals surface area contributed by atoms with Crippen molar-refractivity contribution in [2.45, 2.75) is 38.1 Å². The number of hydrogen-bond donors (Lipinski definition) is 2. The molecule has 1 atom stereocenters. The Hall–Kier alpha value is -0.452. The van der Waals surface area contributed by atoms with Crippen LogP contribution in [0.3, 0.4) is 0 Å². The van der Waals surface area contributed by atoms with E-state index in [1.165, 1.54) is 6.42 Å². The van der Waals surface area contributed by atoms with Crippen LogP contribution in [0.25, 0.3) is 11.1 Å². The molecule has 0 aromatic carbocycles. The van der Waals surface area contributed by atoms with Gasteiger partial charge in [0.15, 0.2) is 5.41 Å². The largest absolute Gasteiger partial charge is 2.00 e. The molecule has 1 saturated carbocycles. The maximum absolute atomic E-state index is 10.4. The fraction of sp³-hybridized carbons (Fsp3) is 0.818. The zero-order valence-electron chi connectivity index (χ0n) is 10.0. The van der Waals surface area contributed by atoms with Crippen LogP contribution in [0.4, 0.5) is 0 Å². The van der Waals surface area contributed by atoms with Crippen LogP contribution in [0.5, 0.6) is 0 Å². The molecule has 0 unspecified atom stereocenters. The third kappa shape index (κ3) is 4.04. The Labute approximate surface area is 121 Å². The molecule has 0 aromatic heterocycles. The van der Waals surface area contributed by atoms with Crippen molar-refractivity contribution in [2.75, 3.05) is 13.1 Å². The van der Waals surface area contributed by atoms with E-state index in [4.69, 9.17) is 15.9 Å². The molecule has 0 bridgehead atoms. The van der Waals surface area contributed by atoms with Crippen LogP contribution >= 0.6 is 0 Å². The van der Waals surface area contributed by atoms with Gasteiger partial charge >= 0.3 is 33.0 Å². The summed E-state index contributed by atoms with van der Waals surface area (Å²) in [6, 6.07) is 0.389. The Balaban J connectivity index is 0.000000321. The monoisotopic (exact) mass is 437 g/mol. The molecule has 2 aliphatic rings. The summed E-state index contributed by atoms with van der Waals surface area (Å²) >= 11 is 0. The molecule has 0 aromatic rings. The van der Waals surface area contributed by atoms with Crippen molar-refractivity contribution in [2.24, 2.45) is 5.41 Å². The van der Waals surface area contributed by atoms with Crippen molar-refractivity contribution in [3.05, 3.63) is 11.1 Å². The number of carboxylic acids is 2. The molecule has 2 rings (SSSR count). The van der Waals surface area contributed by atoms with Gasteiger partial charge in [-0.1, -0.05) is 12.8 Å². The van der Waals surface area contributed by atoms with Gasteiger partial charge in [0, 0.05) is 0 Å². The molecule has 3 N–H and O–H groups in total. The quantitative estimate of drug-likeness (QED) is 0.657. The molecule has 0 spiro atoms. The SMILES string of the molecule is O=C(O)C1(C(=O)O)CCC1.[NH-]C[C@H]1CCC[N-]1.[Pt+2]. The van der Waals surface area contributed by atoms with Gasteiger partial charge in [-0.25, -0.2) is 0 Å². The minimum Gasteiger partial charge on any atom is -0.679 e. The van der Waals surface area contributed by atoms with Crippen molar-refractivity contribution in [3.8, 4) is 0 Å². The normalized spacial score (nSPS) is 23.9. The van der Waals surface area contributed by atoms with Crippen molar-refractivity contribution in [1.29, 1.82) is 0 Å². The summed E-state index contributed by atoms with van der Waals surface area (Å²) in [5.41, 5.74) is 5.46. The Morgan fingerprint density at radius 3 is 1.89 bits per heavy atom. The van der Waals surface area contributed by atoms with Crippen molar-refractivity contribution >= 4 is 11.9 Å². The third-order valence-electron chi connectivity index (χ3n) is 3.34. The van der Waals surface area contributed by atoms with E-state index < -0.39 is 17.4 Å². The van der Waals surface area contributed by atoms with Crippen LogP contribution in [-0.2, 0) is 30.7 Å². The van der Waals surface area contributed by atoms with E-state index in [9.17, 15) is 9.59 Å². The van der Waals surface area contributed by atoms with E-state index in [2.05, 4.69) is 5.32 Å². The molecular formula is C11H18N2O4Pt. The molecule has 18 heavy (non-hydrogen) atoms. The van der Waals surface area contributed by atoms with Gasteiger partial charge in [0.25, 0.3) is 0 Å². The summed E-state index contributed by atoms with van der Waals surface area (Å²) in [7, 11) is 0. The predicted octanol–water partition coefficient (Wildman–Crippen LogP) is 1.90. The van der Waals surface area contributed by atoms with E-state index in [0.29, 0.717) is 19.0 Å². The van der Waals surface area contributed by atoms with Crippen LogP contribution in [-0.4, -0.2) is 41.3 Å². The van der Waals surface area contributed by atoms with E-state index in [-0.39, 0.29) is 33.9 Å². The van der Waals surface area contributed by atoms with Crippen molar-refractivity contribution in [1.82, 2.24) is 0 Å². The maximum atomic E-state index is 10.4. The summed E-state index contributed by atoms with van der Waals surface area (Å²) < 4.78 is 0. The molecule has 1 saturated heterocycles. The van der Waals surface area contributed by atoms with Crippen LogP contribution < -0.4 is 0 Å². The Morgan fingerprint density at radius 1 is 1.22 bits per heavy atom. The van der Waals surface area contributed by atoms with Crippen molar-refractivity contribution in [3.63, 3.8) is 0 Å². The maximum Gasteiger partial charge on any atom is 2.00 e. The number of carbonyl (C=O) groups is 2. The first kappa shape index (κ1) is 17.5. The van der Waals surface area contributed by atoms with Gasteiger partial charge in [-0.2, -0.15) is 12.6 Å². The van der Waals surface area contributed by atoms with Crippen LogP contribution in [0.15, 0.2) is 0 Å². The first-order chi connectivity index (χ1) is 8.03. The smallest absolute Gasteiger partial charge is 0.679 e. The molecule has 6 nitrogen and oxygen atoms in total. The second-order valence-electron chi connectivity index (χ2n) is 4.45. The number of nitrogens with zero attached hydrogens (tertiary/aromatic N) is 1. The summed E-state index contributed by atoms with van der Waals surface area (Å²) in [6.07, 6.45) is 3.63. The Kier molecular flexibility index (Phi) is 7.67. The number of hydrogen-bond acceptors (Lipinski definition) is 2. The van der Waals surface area contributed by atoms with Gasteiger partial charge in [0.2, 0.25) is 0 Å². The van der Waals surface area contributed by atoms with Crippen LogP contribution in [0.2, 0.25) is 0 Å². The van der Waals surface area contributed by atoms with Crippen LogP contribution in [0, 0.1) is 5.41 Å². The second-order valence-corrected chi connectivity index (χ2v) is 4.45.